The molecule has 3 rings (SSSR count). The second kappa shape index (κ2) is 9.85. The maximum atomic E-state index is 12.8. The van der Waals surface area contributed by atoms with Gasteiger partial charge < -0.3 is 9.64 Å². The number of hydrogen-bond donors (Lipinski definition) is 0. The van der Waals surface area contributed by atoms with E-state index in [9.17, 15) is 13.2 Å². The lowest BCUT2D eigenvalue weighted by Gasteiger charge is -2.21. The molecule has 6 nitrogen and oxygen atoms in total. The average molecular weight is 409 g/mol. The van der Waals surface area contributed by atoms with Gasteiger partial charge in [0.15, 0.2) is 0 Å². The second-order valence-corrected chi connectivity index (χ2v) is 9.81. The van der Waals surface area contributed by atoms with Crippen molar-refractivity contribution in [3.8, 4) is 0 Å². The third kappa shape index (κ3) is 5.55. The Morgan fingerprint density at radius 3 is 2.39 bits per heavy atom. The zero-order valence-electron chi connectivity index (χ0n) is 16.8. The molecule has 1 unspecified atom stereocenters. The van der Waals surface area contributed by atoms with Gasteiger partial charge in [0, 0.05) is 39.7 Å². The molecule has 2 heterocycles. The summed E-state index contributed by atoms with van der Waals surface area (Å²) < 4.78 is 32.8. The highest BCUT2D eigenvalue weighted by molar-refractivity contribution is 7.89. The number of nitrogens with zero attached hydrogens (tertiary/aromatic N) is 2. The van der Waals surface area contributed by atoms with E-state index >= 15 is 0 Å². The lowest BCUT2D eigenvalue weighted by Crippen LogP contribution is -2.34. The lowest BCUT2D eigenvalue weighted by molar-refractivity contribution is -0.131. The van der Waals surface area contributed by atoms with E-state index in [1.165, 1.54) is 0 Å². The normalized spacial score (nSPS) is 21.4. The van der Waals surface area contributed by atoms with E-state index in [1.54, 1.807) is 21.3 Å². The van der Waals surface area contributed by atoms with Gasteiger partial charge in [-0.3, -0.25) is 4.79 Å². The Hall–Kier alpha value is -1.44. The molecular formula is C21H32N2O4S. The van der Waals surface area contributed by atoms with Gasteiger partial charge in [-0.15, -0.1) is 0 Å². The Morgan fingerprint density at radius 2 is 1.79 bits per heavy atom. The molecule has 2 aliphatic heterocycles. The highest BCUT2D eigenvalue weighted by Gasteiger charge is 2.25. The Labute approximate surface area is 168 Å². The van der Waals surface area contributed by atoms with Crippen LogP contribution in [0.4, 0.5) is 0 Å². The molecule has 156 valence electrons. The fraction of sp³-hybridized carbons (Fsp3) is 0.667. The minimum atomic E-state index is -3.42. The number of amides is 1. The van der Waals surface area contributed by atoms with Crippen LogP contribution in [0.15, 0.2) is 29.2 Å². The van der Waals surface area contributed by atoms with Gasteiger partial charge in [0.2, 0.25) is 15.9 Å². The number of carbonyl (C=O) groups is 1. The van der Waals surface area contributed by atoms with Crippen molar-refractivity contribution in [3.05, 3.63) is 29.8 Å². The molecule has 28 heavy (non-hydrogen) atoms. The fourth-order valence-corrected chi connectivity index (χ4v) is 5.41. The van der Waals surface area contributed by atoms with Gasteiger partial charge in [-0.1, -0.05) is 25.0 Å². The van der Waals surface area contributed by atoms with Crippen molar-refractivity contribution in [2.24, 2.45) is 0 Å². The van der Waals surface area contributed by atoms with E-state index in [4.69, 9.17) is 4.74 Å². The summed E-state index contributed by atoms with van der Waals surface area (Å²) in [4.78, 5) is 14.4. The summed E-state index contributed by atoms with van der Waals surface area (Å²) in [7, 11) is -1.60. The molecule has 0 saturated carbocycles. The number of ether oxygens (including phenoxy) is 1. The van der Waals surface area contributed by atoms with Gasteiger partial charge in [0.05, 0.1) is 11.0 Å². The molecule has 0 spiro atoms. The zero-order chi connectivity index (χ0) is 20.0. The zero-order valence-corrected chi connectivity index (χ0v) is 17.6. The third-order valence-electron chi connectivity index (χ3n) is 5.68. The number of likely N-dealkylation sites (N-methyl/N-ethyl adjacent to an activating group) is 1. The van der Waals surface area contributed by atoms with E-state index in [-0.39, 0.29) is 12.0 Å². The summed E-state index contributed by atoms with van der Waals surface area (Å²) in [5, 5.41) is 0. The van der Waals surface area contributed by atoms with E-state index in [0.29, 0.717) is 37.4 Å². The molecule has 0 radical (unpaired) electrons. The first-order valence-corrected chi connectivity index (χ1v) is 11.9. The molecule has 7 heteroatoms. The minimum Gasteiger partial charge on any atom is -0.376 e. The molecule has 0 aromatic heterocycles. The van der Waals surface area contributed by atoms with Crippen LogP contribution in [-0.4, -0.2) is 62.9 Å². The van der Waals surface area contributed by atoms with Crippen LogP contribution in [0.3, 0.4) is 0 Å². The van der Waals surface area contributed by atoms with Gasteiger partial charge >= 0.3 is 0 Å². The number of rotatable bonds is 7. The summed E-state index contributed by atoms with van der Waals surface area (Å²) in [6.45, 7) is 2.65. The maximum absolute atomic E-state index is 12.8. The fourth-order valence-electron chi connectivity index (χ4n) is 3.90. The van der Waals surface area contributed by atoms with Crippen molar-refractivity contribution in [1.29, 1.82) is 0 Å². The summed E-state index contributed by atoms with van der Waals surface area (Å²) in [5.74, 6) is 0.0942. The number of benzene rings is 1. The second-order valence-electron chi connectivity index (χ2n) is 7.87. The molecule has 1 amide bonds. The Balaban J connectivity index is 1.52. The average Bonchev–Trinajstić information content (AvgIpc) is 3.04. The van der Waals surface area contributed by atoms with Crippen molar-refractivity contribution in [2.45, 2.75) is 62.4 Å². The quantitative estimate of drug-likeness (QED) is 0.696. The van der Waals surface area contributed by atoms with Gasteiger partial charge in [0.1, 0.15) is 0 Å². The molecular weight excluding hydrogens is 376 g/mol. The minimum absolute atomic E-state index is 0.0942. The monoisotopic (exact) mass is 408 g/mol. The predicted octanol–water partition coefficient (Wildman–Crippen LogP) is 2.82. The molecule has 1 atom stereocenters. The van der Waals surface area contributed by atoms with E-state index in [0.717, 1.165) is 50.7 Å². The molecule has 0 aliphatic carbocycles. The first-order valence-electron chi connectivity index (χ1n) is 10.4. The van der Waals surface area contributed by atoms with Crippen molar-refractivity contribution >= 4 is 15.9 Å². The van der Waals surface area contributed by atoms with Crippen LogP contribution in [-0.2, 0) is 26.0 Å². The standard InChI is InChI=1S/C21H32N2O4S/c1-22(17-19-7-6-16-27-19)21(24)13-10-18-8-11-20(12-9-18)28(25,26)23-14-4-2-3-5-15-23/h8-9,11-12,19H,2-7,10,13-17H2,1H3. The molecule has 0 bridgehead atoms. The SMILES string of the molecule is CN(CC1CCCO1)C(=O)CCc1ccc(S(=O)(=O)N2CCCCCC2)cc1. The summed E-state index contributed by atoms with van der Waals surface area (Å²) in [6, 6.07) is 7.02. The molecule has 2 aliphatic rings. The smallest absolute Gasteiger partial charge is 0.243 e. The summed E-state index contributed by atoms with van der Waals surface area (Å²) in [6.07, 6.45) is 7.33. The van der Waals surface area contributed by atoms with Crippen LogP contribution in [0.25, 0.3) is 0 Å². The van der Waals surface area contributed by atoms with Gasteiger partial charge in [0.25, 0.3) is 0 Å². The maximum Gasteiger partial charge on any atom is 0.243 e. The van der Waals surface area contributed by atoms with Gasteiger partial charge in [-0.25, -0.2) is 8.42 Å². The summed E-state index contributed by atoms with van der Waals surface area (Å²) >= 11 is 0. The molecule has 2 saturated heterocycles. The van der Waals surface area contributed by atoms with Crippen molar-refractivity contribution in [2.75, 3.05) is 33.3 Å². The molecule has 0 N–H and O–H groups in total. The highest BCUT2D eigenvalue weighted by atomic mass is 32.2. The van der Waals surface area contributed by atoms with Crippen LogP contribution in [0, 0.1) is 0 Å². The van der Waals surface area contributed by atoms with Crippen molar-refractivity contribution in [1.82, 2.24) is 9.21 Å². The van der Waals surface area contributed by atoms with Gasteiger partial charge in [-0.2, -0.15) is 4.31 Å². The van der Waals surface area contributed by atoms with Crippen LogP contribution < -0.4 is 0 Å². The number of sulfonamides is 1. The largest absolute Gasteiger partial charge is 0.376 e. The molecule has 1 aromatic carbocycles. The van der Waals surface area contributed by atoms with Crippen molar-refractivity contribution in [3.63, 3.8) is 0 Å². The van der Waals surface area contributed by atoms with E-state index in [2.05, 4.69) is 0 Å². The van der Waals surface area contributed by atoms with Crippen molar-refractivity contribution < 1.29 is 17.9 Å². The molecule has 2 fully saturated rings. The first-order chi connectivity index (χ1) is 13.5. The third-order valence-corrected chi connectivity index (χ3v) is 7.59. The number of hydrogen-bond acceptors (Lipinski definition) is 4. The van der Waals surface area contributed by atoms with Gasteiger partial charge in [-0.05, 0) is 49.8 Å². The number of aryl methyl sites for hydroxylation is 1. The Kier molecular flexibility index (Phi) is 7.48. The van der Waals surface area contributed by atoms with E-state index in [1.807, 2.05) is 19.2 Å². The first kappa shape index (κ1) is 21.3. The van der Waals surface area contributed by atoms with Crippen LogP contribution >= 0.6 is 0 Å². The van der Waals surface area contributed by atoms with E-state index < -0.39 is 10.0 Å². The summed E-state index contributed by atoms with van der Waals surface area (Å²) in [5.41, 5.74) is 0.980. The topological polar surface area (TPSA) is 66.9 Å². The number of carbonyl (C=O) groups excluding carboxylic acids is 1. The van der Waals surface area contributed by atoms with Crippen LogP contribution in [0.2, 0.25) is 0 Å². The lowest BCUT2D eigenvalue weighted by atomic mass is 10.1. The van der Waals surface area contributed by atoms with Crippen LogP contribution in [0.5, 0.6) is 0 Å². The predicted molar refractivity (Wildman–Crippen MR) is 109 cm³/mol. The van der Waals surface area contributed by atoms with Crippen LogP contribution in [0.1, 0.15) is 50.5 Å². The Bertz CT molecular complexity index is 734. The molecule has 1 aromatic rings. The Morgan fingerprint density at radius 1 is 1.11 bits per heavy atom. The highest BCUT2D eigenvalue weighted by Crippen LogP contribution is 2.21.